The zero-order valence-electron chi connectivity index (χ0n) is 10.6. The summed E-state index contributed by atoms with van der Waals surface area (Å²) in [6.45, 7) is 5.60. The molecule has 0 radical (unpaired) electrons. The van der Waals surface area contributed by atoms with E-state index in [0.29, 0.717) is 12.5 Å². The van der Waals surface area contributed by atoms with Crippen LogP contribution in [0.1, 0.15) is 19.5 Å². The second-order valence-corrected chi connectivity index (χ2v) is 3.86. The molecule has 0 spiro atoms. The van der Waals surface area contributed by atoms with E-state index >= 15 is 0 Å². The van der Waals surface area contributed by atoms with Gasteiger partial charge in [-0.15, -0.1) is 0 Å². The average molecular weight is 249 g/mol. The van der Waals surface area contributed by atoms with Crippen LogP contribution in [0.4, 0.5) is 0 Å². The van der Waals surface area contributed by atoms with Crippen molar-refractivity contribution < 1.29 is 14.3 Å². The van der Waals surface area contributed by atoms with E-state index < -0.39 is 12.1 Å². The number of aryl methyl sites for hydroxylation is 1. The molecule has 0 aliphatic rings. The molecule has 0 N–H and O–H groups in total. The van der Waals surface area contributed by atoms with Crippen LogP contribution in [0.5, 0.6) is 5.88 Å². The summed E-state index contributed by atoms with van der Waals surface area (Å²) in [5, 5.41) is 4.24. The summed E-state index contributed by atoms with van der Waals surface area (Å²) in [4.78, 5) is 15.6. The Labute approximate surface area is 105 Å². The van der Waals surface area contributed by atoms with Crippen LogP contribution in [0.3, 0.4) is 0 Å². The molecule has 0 aliphatic carbocycles. The van der Waals surface area contributed by atoms with E-state index in [-0.39, 0.29) is 0 Å². The van der Waals surface area contributed by atoms with Crippen LogP contribution in [0, 0.1) is 6.92 Å². The number of fused-ring (bicyclic) bond motifs is 1. The van der Waals surface area contributed by atoms with Gasteiger partial charge in [-0.25, -0.2) is 14.3 Å². The van der Waals surface area contributed by atoms with Gasteiger partial charge in [-0.1, -0.05) is 0 Å². The standard InChI is InChI=1S/C12H15N3O3/c1-4-17-12(16)9(3)18-11-10-7-8(2)14-15(10)6-5-13-11/h5-7,9H,4H2,1-3H3. The highest BCUT2D eigenvalue weighted by molar-refractivity contribution is 5.75. The molecule has 96 valence electrons. The van der Waals surface area contributed by atoms with Crippen LogP contribution in [-0.2, 0) is 9.53 Å². The molecule has 0 aliphatic heterocycles. The molecular weight excluding hydrogens is 234 g/mol. The Morgan fingerprint density at radius 1 is 1.56 bits per heavy atom. The predicted octanol–water partition coefficient (Wildman–Crippen LogP) is 1.37. The number of nitrogens with zero attached hydrogens (tertiary/aromatic N) is 3. The minimum Gasteiger partial charge on any atom is -0.463 e. The van der Waals surface area contributed by atoms with E-state index in [2.05, 4.69) is 10.1 Å². The van der Waals surface area contributed by atoms with Crippen molar-refractivity contribution >= 4 is 11.5 Å². The number of esters is 1. The largest absolute Gasteiger partial charge is 0.463 e. The van der Waals surface area contributed by atoms with Crippen molar-refractivity contribution in [3.63, 3.8) is 0 Å². The highest BCUT2D eigenvalue weighted by atomic mass is 16.6. The minimum absolute atomic E-state index is 0.329. The minimum atomic E-state index is -0.696. The maximum Gasteiger partial charge on any atom is 0.347 e. The zero-order valence-corrected chi connectivity index (χ0v) is 10.6. The first-order valence-electron chi connectivity index (χ1n) is 5.76. The molecule has 0 saturated heterocycles. The predicted molar refractivity (Wildman–Crippen MR) is 64.4 cm³/mol. The molecule has 0 amide bonds. The van der Waals surface area contributed by atoms with Crippen LogP contribution in [0.15, 0.2) is 18.5 Å². The molecule has 0 aromatic carbocycles. The number of hydrogen-bond donors (Lipinski definition) is 0. The van der Waals surface area contributed by atoms with Crippen molar-refractivity contribution in [2.75, 3.05) is 6.61 Å². The van der Waals surface area contributed by atoms with E-state index in [4.69, 9.17) is 9.47 Å². The fraction of sp³-hybridized carbons (Fsp3) is 0.417. The fourth-order valence-electron chi connectivity index (χ4n) is 1.59. The Morgan fingerprint density at radius 2 is 2.33 bits per heavy atom. The monoisotopic (exact) mass is 249 g/mol. The normalized spacial score (nSPS) is 12.4. The smallest absolute Gasteiger partial charge is 0.347 e. The van der Waals surface area contributed by atoms with E-state index in [0.717, 1.165) is 11.2 Å². The van der Waals surface area contributed by atoms with Gasteiger partial charge in [0.2, 0.25) is 5.88 Å². The molecule has 0 bridgehead atoms. The first kappa shape index (κ1) is 12.3. The lowest BCUT2D eigenvalue weighted by Gasteiger charge is -2.12. The van der Waals surface area contributed by atoms with Gasteiger partial charge in [0.25, 0.3) is 0 Å². The van der Waals surface area contributed by atoms with Gasteiger partial charge in [-0.2, -0.15) is 5.10 Å². The van der Waals surface area contributed by atoms with Gasteiger partial charge in [0, 0.05) is 12.4 Å². The maximum atomic E-state index is 11.5. The summed E-state index contributed by atoms with van der Waals surface area (Å²) in [5.41, 5.74) is 1.59. The third kappa shape index (κ3) is 2.42. The molecule has 1 unspecified atom stereocenters. The van der Waals surface area contributed by atoms with Crippen molar-refractivity contribution in [2.24, 2.45) is 0 Å². The van der Waals surface area contributed by atoms with Gasteiger partial charge in [0.15, 0.2) is 6.10 Å². The van der Waals surface area contributed by atoms with Gasteiger partial charge in [0.1, 0.15) is 5.52 Å². The van der Waals surface area contributed by atoms with Crippen molar-refractivity contribution in [3.05, 3.63) is 24.2 Å². The van der Waals surface area contributed by atoms with Gasteiger partial charge >= 0.3 is 5.97 Å². The van der Waals surface area contributed by atoms with Crippen LogP contribution in [0.25, 0.3) is 5.52 Å². The van der Waals surface area contributed by atoms with E-state index in [1.54, 1.807) is 30.8 Å². The highest BCUT2D eigenvalue weighted by Crippen LogP contribution is 2.18. The first-order valence-corrected chi connectivity index (χ1v) is 5.76. The second kappa shape index (κ2) is 5.03. The van der Waals surface area contributed by atoms with Gasteiger partial charge < -0.3 is 9.47 Å². The Morgan fingerprint density at radius 3 is 3.06 bits per heavy atom. The molecule has 2 aromatic rings. The molecule has 0 fully saturated rings. The van der Waals surface area contributed by atoms with E-state index in [1.165, 1.54) is 0 Å². The quantitative estimate of drug-likeness (QED) is 0.765. The molecule has 2 rings (SSSR count). The molecular formula is C12H15N3O3. The van der Waals surface area contributed by atoms with Crippen LogP contribution < -0.4 is 4.74 Å². The van der Waals surface area contributed by atoms with Crippen LogP contribution in [0.2, 0.25) is 0 Å². The number of hydrogen-bond acceptors (Lipinski definition) is 5. The van der Waals surface area contributed by atoms with Crippen molar-refractivity contribution in [1.82, 2.24) is 14.6 Å². The maximum absolute atomic E-state index is 11.5. The van der Waals surface area contributed by atoms with Gasteiger partial charge in [-0.3, -0.25) is 0 Å². The third-order valence-electron chi connectivity index (χ3n) is 2.38. The summed E-state index contributed by atoms with van der Waals surface area (Å²) >= 11 is 0. The molecule has 6 nitrogen and oxygen atoms in total. The lowest BCUT2D eigenvalue weighted by Crippen LogP contribution is -2.26. The third-order valence-corrected chi connectivity index (χ3v) is 2.38. The van der Waals surface area contributed by atoms with Crippen LogP contribution >= 0.6 is 0 Å². The summed E-state index contributed by atoms with van der Waals surface area (Å²) in [7, 11) is 0. The highest BCUT2D eigenvalue weighted by Gasteiger charge is 2.18. The molecule has 2 heterocycles. The second-order valence-electron chi connectivity index (χ2n) is 3.86. The van der Waals surface area contributed by atoms with Crippen molar-refractivity contribution in [2.45, 2.75) is 26.9 Å². The average Bonchev–Trinajstić information content (AvgIpc) is 2.71. The fourth-order valence-corrected chi connectivity index (χ4v) is 1.59. The summed E-state index contributed by atoms with van der Waals surface area (Å²) in [6, 6.07) is 1.85. The Bertz CT molecular complexity index is 565. The topological polar surface area (TPSA) is 65.7 Å². The lowest BCUT2D eigenvalue weighted by atomic mass is 10.4. The van der Waals surface area contributed by atoms with Crippen molar-refractivity contribution in [1.29, 1.82) is 0 Å². The summed E-state index contributed by atoms with van der Waals surface area (Å²) in [6.07, 6.45) is 2.61. The number of rotatable bonds is 4. The number of carbonyl (C=O) groups is 1. The summed E-state index contributed by atoms with van der Waals surface area (Å²) in [5.74, 6) is -0.0313. The number of aromatic nitrogens is 3. The van der Waals surface area contributed by atoms with Gasteiger partial charge in [0.05, 0.1) is 12.3 Å². The lowest BCUT2D eigenvalue weighted by molar-refractivity contribution is -0.150. The molecule has 0 saturated carbocycles. The summed E-state index contributed by atoms with van der Waals surface area (Å²) < 4.78 is 12.1. The SMILES string of the molecule is CCOC(=O)C(C)Oc1nccn2nc(C)cc12. The molecule has 1 atom stereocenters. The van der Waals surface area contributed by atoms with E-state index in [9.17, 15) is 4.79 Å². The Kier molecular flexibility index (Phi) is 3.45. The number of ether oxygens (including phenoxy) is 2. The number of carbonyl (C=O) groups excluding carboxylic acids is 1. The Balaban J connectivity index is 2.23. The van der Waals surface area contributed by atoms with Gasteiger partial charge in [-0.05, 0) is 26.8 Å². The van der Waals surface area contributed by atoms with E-state index in [1.807, 2.05) is 13.0 Å². The molecule has 6 heteroatoms. The molecule has 18 heavy (non-hydrogen) atoms. The first-order chi connectivity index (χ1) is 8.61. The zero-order chi connectivity index (χ0) is 13.1. The van der Waals surface area contributed by atoms with Crippen molar-refractivity contribution in [3.8, 4) is 5.88 Å². The molecule has 2 aromatic heterocycles. The van der Waals surface area contributed by atoms with Crippen LogP contribution in [-0.4, -0.2) is 33.3 Å². The Hall–Kier alpha value is -2.11.